The minimum absolute atomic E-state index is 0.221. The molecule has 8 nitrogen and oxygen atoms in total. The lowest BCUT2D eigenvalue weighted by Crippen LogP contribution is -2.26. The van der Waals surface area contributed by atoms with Gasteiger partial charge in [-0.25, -0.2) is 9.59 Å². The molecule has 0 N–H and O–H groups in total. The molecule has 0 fully saturated rings. The second-order valence-electron chi connectivity index (χ2n) is 10.8. The molecule has 0 aliphatic heterocycles. The van der Waals surface area contributed by atoms with Crippen molar-refractivity contribution in [1.29, 1.82) is 0 Å². The summed E-state index contributed by atoms with van der Waals surface area (Å²) in [4.78, 5) is 23.5. The standard InChI is InChI=1S/C34H41ClO8/c1-20(2)33(36)42-24(7)18-38-22(5)16-40-31-27-11-9-10-12-28(27)32(30-15-26(35)13-14-29(30)31)41-17-23(6)39-19-25(8)43-34(37)21(3)4/h9-15,22-25H,1,3,16-19H2,2,4-8H3. The van der Waals surface area contributed by atoms with Crippen LogP contribution >= 0.6 is 11.6 Å². The Kier molecular flexibility index (Phi) is 12.4. The van der Waals surface area contributed by atoms with E-state index in [1.54, 1.807) is 27.7 Å². The van der Waals surface area contributed by atoms with Gasteiger partial charge in [0.2, 0.25) is 0 Å². The minimum Gasteiger partial charge on any atom is -0.490 e. The zero-order chi connectivity index (χ0) is 31.7. The van der Waals surface area contributed by atoms with Crippen LogP contribution in [-0.4, -0.2) is 62.8 Å². The summed E-state index contributed by atoms with van der Waals surface area (Å²) in [7, 11) is 0. The number of esters is 2. The molecule has 9 heteroatoms. The van der Waals surface area contributed by atoms with Crippen molar-refractivity contribution in [2.75, 3.05) is 26.4 Å². The maximum absolute atomic E-state index is 11.8. The summed E-state index contributed by atoms with van der Waals surface area (Å²) < 4.78 is 35.1. The van der Waals surface area contributed by atoms with Crippen molar-refractivity contribution in [3.05, 3.63) is 71.8 Å². The Labute approximate surface area is 258 Å². The third-order valence-corrected chi connectivity index (χ3v) is 6.59. The summed E-state index contributed by atoms with van der Waals surface area (Å²) in [6, 6.07) is 13.4. The van der Waals surface area contributed by atoms with Gasteiger partial charge in [-0.3, -0.25) is 0 Å². The number of benzene rings is 3. The number of halogens is 1. The smallest absolute Gasteiger partial charge is 0.333 e. The zero-order valence-corrected chi connectivity index (χ0v) is 26.5. The van der Waals surface area contributed by atoms with Gasteiger partial charge >= 0.3 is 11.9 Å². The summed E-state index contributed by atoms with van der Waals surface area (Å²) in [6.45, 7) is 18.7. The number of hydrogen-bond acceptors (Lipinski definition) is 8. The fourth-order valence-corrected chi connectivity index (χ4v) is 4.29. The molecule has 0 aromatic heterocycles. The third kappa shape index (κ3) is 9.71. The highest BCUT2D eigenvalue weighted by Gasteiger charge is 2.20. The Balaban J connectivity index is 1.75. The number of hydrogen-bond donors (Lipinski definition) is 0. The highest BCUT2D eigenvalue weighted by Crippen LogP contribution is 2.43. The van der Waals surface area contributed by atoms with E-state index in [2.05, 4.69) is 13.2 Å². The van der Waals surface area contributed by atoms with Crippen molar-refractivity contribution in [3.63, 3.8) is 0 Å². The Morgan fingerprint density at radius 2 is 1.07 bits per heavy atom. The van der Waals surface area contributed by atoms with Crippen molar-refractivity contribution in [3.8, 4) is 11.5 Å². The summed E-state index contributed by atoms with van der Waals surface area (Å²) in [5.41, 5.74) is 0.680. The largest absolute Gasteiger partial charge is 0.490 e. The molecule has 232 valence electrons. The molecular formula is C34H41ClO8. The minimum atomic E-state index is -0.447. The molecule has 3 aromatic rings. The maximum Gasteiger partial charge on any atom is 0.333 e. The van der Waals surface area contributed by atoms with Crippen LogP contribution in [0.3, 0.4) is 0 Å². The molecular weight excluding hydrogens is 572 g/mol. The first-order chi connectivity index (χ1) is 20.4. The van der Waals surface area contributed by atoms with Gasteiger partial charge in [0.05, 0.1) is 25.4 Å². The molecule has 3 rings (SSSR count). The Hall–Kier alpha value is -3.59. The molecule has 0 amide bonds. The van der Waals surface area contributed by atoms with Gasteiger partial charge in [-0.05, 0) is 59.7 Å². The van der Waals surface area contributed by atoms with Gasteiger partial charge in [0.1, 0.15) is 36.9 Å². The van der Waals surface area contributed by atoms with E-state index in [4.69, 9.17) is 40.0 Å². The van der Waals surface area contributed by atoms with Gasteiger partial charge in [-0.15, -0.1) is 0 Å². The summed E-state index contributed by atoms with van der Waals surface area (Å²) >= 11 is 6.43. The van der Waals surface area contributed by atoms with Crippen LogP contribution in [0.1, 0.15) is 41.5 Å². The first-order valence-corrected chi connectivity index (χ1v) is 14.6. The molecule has 0 spiro atoms. The topological polar surface area (TPSA) is 89.5 Å². The van der Waals surface area contributed by atoms with Crippen molar-refractivity contribution >= 4 is 45.1 Å². The van der Waals surface area contributed by atoms with Crippen LogP contribution in [0.4, 0.5) is 0 Å². The summed E-state index contributed by atoms with van der Waals surface area (Å²) in [6.07, 6.45) is -1.42. The van der Waals surface area contributed by atoms with Crippen LogP contribution in [0.25, 0.3) is 21.5 Å². The number of carbonyl (C=O) groups excluding carboxylic acids is 2. The molecule has 0 bridgehead atoms. The predicted molar refractivity (Wildman–Crippen MR) is 169 cm³/mol. The first kappa shape index (κ1) is 33.9. The maximum atomic E-state index is 11.8. The lowest BCUT2D eigenvalue weighted by Gasteiger charge is -2.22. The SMILES string of the molecule is C=C(C)C(=O)OC(C)COC(C)COc1c2ccccc2c(OCC(C)OCC(C)OC(=O)C(=C)C)c2cc(Cl)ccc12. The average molecular weight is 613 g/mol. The van der Waals surface area contributed by atoms with E-state index in [1.165, 1.54) is 0 Å². The van der Waals surface area contributed by atoms with Crippen LogP contribution in [0.5, 0.6) is 11.5 Å². The van der Waals surface area contributed by atoms with E-state index in [0.717, 1.165) is 21.5 Å². The van der Waals surface area contributed by atoms with Gasteiger partial charge < -0.3 is 28.4 Å². The quantitative estimate of drug-likeness (QED) is 0.0951. The van der Waals surface area contributed by atoms with Gasteiger partial charge in [0, 0.05) is 37.7 Å². The molecule has 0 heterocycles. The second kappa shape index (κ2) is 15.8. The molecule has 4 atom stereocenters. The Morgan fingerprint density at radius 3 is 1.51 bits per heavy atom. The molecule has 3 aromatic carbocycles. The van der Waals surface area contributed by atoms with E-state index in [1.807, 2.05) is 56.3 Å². The van der Waals surface area contributed by atoms with E-state index in [9.17, 15) is 9.59 Å². The number of ether oxygens (including phenoxy) is 6. The normalized spacial score (nSPS) is 14.0. The number of rotatable bonds is 16. The first-order valence-electron chi connectivity index (χ1n) is 14.2. The molecule has 0 aliphatic rings. The fourth-order valence-electron chi connectivity index (χ4n) is 4.11. The molecule has 43 heavy (non-hydrogen) atoms. The van der Waals surface area contributed by atoms with Gasteiger partial charge in [0.25, 0.3) is 0 Å². The van der Waals surface area contributed by atoms with Crippen molar-refractivity contribution in [1.82, 2.24) is 0 Å². The van der Waals surface area contributed by atoms with Crippen LogP contribution in [0.2, 0.25) is 5.02 Å². The van der Waals surface area contributed by atoms with Crippen molar-refractivity contribution in [2.45, 2.75) is 66.0 Å². The van der Waals surface area contributed by atoms with E-state index in [-0.39, 0.29) is 38.6 Å². The second-order valence-corrected chi connectivity index (χ2v) is 11.2. The monoisotopic (exact) mass is 612 g/mol. The van der Waals surface area contributed by atoms with Crippen molar-refractivity contribution < 1.29 is 38.0 Å². The number of carbonyl (C=O) groups is 2. The van der Waals surface area contributed by atoms with Crippen LogP contribution in [-0.2, 0) is 28.5 Å². The highest BCUT2D eigenvalue weighted by molar-refractivity contribution is 6.31. The molecule has 0 saturated carbocycles. The van der Waals surface area contributed by atoms with E-state index >= 15 is 0 Å². The van der Waals surface area contributed by atoms with Crippen LogP contribution in [0, 0.1) is 0 Å². The molecule has 4 unspecified atom stereocenters. The highest BCUT2D eigenvalue weighted by atomic mass is 35.5. The molecule has 0 aliphatic carbocycles. The van der Waals surface area contributed by atoms with E-state index in [0.29, 0.717) is 27.7 Å². The lowest BCUT2D eigenvalue weighted by molar-refractivity contribution is -0.148. The fraction of sp³-hybridized carbons (Fsp3) is 0.412. The van der Waals surface area contributed by atoms with Crippen molar-refractivity contribution in [2.24, 2.45) is 0 Å². The summed E-state index contributed by atoms with van der Waals surface area (Å²) in [5, 5.41) is 3.93. The van der Waals surface area contributed by atoms with Crippen LogP contribution < -0.4 is 9.47 Å². The lowest BCUT2D eigenvalue weighted by atomic mass is 10.0. The zero-order valence-electron chi connectivity index (χ0n) is 25.7. The number of fused-ring (bicyclic) bond motifs is 2. The molecule has 0 radical (unpaired) electrons. The molecule has 0 saturated heterocycles. The van der Waals surface area contributed by atoms with Crippen LogP contribution in [0.15, 0.2) is 66.8 Å². The predicted octanol–water partition coefficient (Wildman–Crippen LogP) is 7.23. The Morgan fingerprint density at radius 1 is 0.651 bits per heavy atom. The Bertz CT molecular complexity index is 1470. The van der Waals surface area contributed by atoms with Gasteiger partial charge in [-0.2, -0.15) is 0 Å². The summed E-state index contributed by atoms with van der Waals surface area (Å²) in [5.74, 6) is 0.453. The third-order valence-electron chi connectivity index (χ3n) is 6.36. The van der Waals surface area contributed by atoms with E-state index < -0.39 is 24.1 Å². The average Bonchev–Trinajstić information content (AvgIpc) is 2.96. The van der Waals surface area contributed by atoms with Gasteiger partial charge in [-0.1, -0.05) is 49.0 Å². The van der Waals surface area contributed by atoms with Gasteiger partial charge in [0.15, 0.2) is 0 Å².